The average Bonchev–Trinajstić information content (AvgIpc) is 2.35. The van der Waals surface area contributed by atoms with Gasteiger partial charge in [-0.2, -0.15) is 0 Å². The second-order valence-electron chi connectivity index (χ2n) is 4.09. The third-order valence-corrected chi connectivity index (χ3v) is 4.71. The topological polar surface area (TPSA) is 122 Å². The number of carbonyl (C=O) groups is 3. The van der Waals surface area contributed by atoms with E-state index in [1.165, 1.54) is 17.7 Å². The molecular weight excluding hydrogens is 302 g/mol. The Morgan fingerprint density at radius 2 is 1.95 bits per heavy atom. The quantitative estimate of drug-likeness (QED) is 0.295. The molecule has 5 N–H and O–H groups in total. The van der Waals surface area contributed by atoms with Crippen molar-refractivity contribution < 1.29 is 19.5 Å². The fourth-order valence-electron chi connectivity index (χ4n) is 1.14. The number of Topliss-reactive ketones (excluding diaryl/α,β-unsaturated/α-hetero) is 1. The monoisotopic (exact) mass is 323 g/mol. The number of nitrogens with two attached hydrogens (primary N) is 1. The lowest BCUT2D eigenvalue weighted by molar-refractivity contribution is -0.139. The van der Waals surface area contributed by atoms with Gasteiger partial charge in [0.05, 0.1) is 18.5 Å². The summed E-state index contributed by atoms with van der Waals surface area (Å²) in [7, 11) is 4.93. The van der Waals surface area contributed by atoms with Crippen LogP contribution in [-0.4, -0.2) is 59.9 Å². The number of aliphatic carboxylic acids is 1. The number of carbonyl (C=O) groups excluding carboxylic acids is 2. The highest BCUT2D eigenvalue weighted by atomic mass is 33.1. The highest BCUT2D eigenvalue weighted by molar-refractivity contribution is 8.76. The number of hydrogen-bond acceptors (Lipinski definition) is 7. The molecular formula is C11H21N3O4S2. The lowest BCUT2D eigenvalue weighted by Gasteiger charge is -2.17. The van der Waals surface area contributed by atoms with Crippen LogP contribution >= 0.6 is 21.6 Å². The molecule has 0 rings (SSSR count). The van der Waals surface area contributed by atoms with E-state index in [2.05, 4.69) is 10.6 Å². The first-order valence-corrected chi connectivity index (χ1v) is 8.54. The molecule has 0 aromatic rings. The zero-order valence-electron chi connectivity index (χ0n) is 11.5. The maximum absolute atomic E-state index is 11.7. The van der Waals surface area contributed by atoms with E-state index in [-0.39, 0.29) is 5.78 Å². The minimum absolute atomic E-state index is 0.178. The molecule has 0 fully saturated rings. The molecule has 0 radical (unpaired) electrons. The summed E-state index contributed by atoms with van der Waals surface area (Å²) in [4.78, 5) is 33.6. The number of ketones is 1. The van der Waals surface area contributed by atoms with Crippen LogP contribution in [0.2, 0.25) is 0 Å². The van der Waals surface area contributed by atoms with Crippen molar-refractivity contribution in [2.75, 3.05) is 25.1 Å². The number of amides is 1. The molecule has 0 aliphatic heterocycles. The van der Waals surface area contributed by atoms with E-state index in [1.54, 1.807) is 10.8 Å². The van der Waals surface area contributed by atoms with Gasteiger partial charge in [-0.05, 0) is 14.0 Å². The van der Waals surface area contributed by atoms with Crippen LogP contribution in [-0.2, 0) is 14.4 Å². The van der Waals surface area contributed by atoms with E-state index in [1.807, 2.05) is 7.05 Å². The molecule has 0 saturated carbocycles. The van der Waals surface area contributed by atoms with Crippen LogP contribution in [0.15, 0.2) is 0 Å². The van der Waals surface area contributed by atoms with Crippen molar-refractivity contribution in [3.8, 4) is 0 Å². The van der Waals surface area contributed by atoms with Crippen LogP contribution in [0, 0.1) is 0 Å². The van der Waals surface area contributed by atoms with Gasteiger partial charge < -0.3 is 21.5 Å². The smallest absolute Gasteiger partial charge is 0.305 e. The molecule has 0 aliphatic rings. The van der Waals surface area contributed by atoms with Gasteiger partial charge in [0.1, 0.15) is 0 Å². The zero-order chi connectivity index (χ0) is 15.5. The van der Waals surface area contributed by atoms with Gasteiger partial charge >= 0.3 is 5.97 Å². The van der Waals surface area contributed by atoms with Crippen molar-refractivity contribution in [1.29, 1.82) is 0 Å². The molecule has 2 atom stereocenters. The molecule has 116 valence electrons. The third kappa shape index (κ3) is 9.18. The molecule has 0 spiro atoms. The van der Waals surface area contributed by atoms with Crippen LogP contribution in [0.25, 0.3) is 0 Å². The Labute approximate surface area is 126 Å². The number of carboxylic acid groups (broad SMARTS) is 1. The molecule has 0 bridgehead atoms. The number of rotatable bonds is 11. The molecule has 0 aliphatic carbocycles. The van der Waals surface area contributed by atoms with Gasteiger partial charge in [-0.15, -0.1) is 0 Å². The Kier molecular flexibility index (Phi) is 10.5. The van der Waals surface area contributed by atoms with Crippen molar-refractivity contribution in [3.63, 3.8) is 0 Å². The van der Waals surface area contributed by atoms with Gasteiger partial charge in [0.2, 0.25) is 5.91 Å². The average molecular weight is 323 g/mol. The summed E-state index contributed by atoms with van der Waals surface area (Å²) in [5.41, 5.74) is 5.44. The van der Waals surface area contributed by atoms with Crippen molar-refractivity contribution in [2.24, 2.45) is 5.73 Å². The van der Waals surface area contributed by atoms with E-state index in [4.69, 9.17) is 10.8 Å². The molecule has 0 aromatic heterocycles. The SMILES string of the molecule is CNCCSSC[C@H](NC(=O)[C@@H](N)CC(=O)O)C(C)=O. The van der Waals surface area contributed by atoms with Crippen LogP contribution in [0.4, 0.5) is 0 Å². The Morgan fingerprint density at radius 3 is 2.45 bits per heavy atom. The molecule has 20 heavy (non-hydrogen) atoms. The van der Waals surface area contributed by atoms with Crippen LogP contribution in [0.3, 0.4) is 0 Å². The normalized spacial score (nSPS) is 13.6. The van der Waals surface area contributed by atoms with Crippen molar-refractivity contribution in [1.82, 2.24) is 10.6 Å². The number of nitrogens with one attached hydrogen (secondary N) is 2. The standard InChI is InChI=1S/C11H21N3O4S2/c1-7(15)9(6-20-19-4-3-13-2)14-11(18)8(12)5-10(16)17/h8-9,13H,3-6,12H2,1-2H3,(H,14,18)(H,16,17)/t8-,9-/m0/s1. The van der Waals surface area contributed by atoms with Crippen molar-refractivity contribution in [2.45, 2.75) is 25.4 Å². The van der Waals surface area contributed by atoms with Crippen LogP contribution in [0.5, 0.6) is 0 Å². The fourth-order valence-corrected chi connectivity index (χ4v) is 3.40. The number of hydrogen-bond donors (Lipinski definition) is 4. The second-order valence-corrected chi connectivity index (χ2v) is 6.71. The molecule has 0 heterocycles. The Morgan fingerprint density at radius 1 is 1.30 bits per heavy atom. The Hall–Kier alpha value is -0.770. The molecule has 1 amide bonds. The van der Waals surface area contributed by atoms with E-state index < -0.39 is 30.4 Å². The first kappa shape index (κ1) is 19.2. The molecule has 0 unspecified atom stereocenters. The summed E-state index contributed by atoms with van der Waals surface area (Å²) in [5, 5.41) is 14.0. The summed E-state index contributed by atoms with van der Waals surface area (Å²) in [6.45, 7) is 2.24. The molecule has 9 heteroatoms. The molecule has 0 saturated heterocycles. The summed E-state index contributed by atoms with van der Waals surface area (Å²) < 4.78 is 0. The summed E-state index contributed by atoms with van der Waals surface area (Å²) in [5.74, 6) is -0.631. The second kappa shape index (κ2) is 11.0. The van der Waals surface area contributed by atoms with Gasteiger partial charge in [-0.3, -0.25) is 14.4 Å². The molecule has 0 aromatic carbocycles. The van der Waals surface area contributed by atoms with Crippen molar-refractivity contribution in [3.05, 3.63) is 0 Å². The Balaban J connectivity index is 4.16. The van der Waals surface area contributed by atoms with Gasteiger partial charge in [0.15, 0.2) is 5.78 Å². The minimum Gasteiger partial charge on any atom is -0.481 e. The van der Waals surface area contributed by atoms with Gasteiger partial charge in [-0.25, -0.2) is 0 Å². The Bertz CT molecular complexity index is 342. The lowest BCUT2D eigenvalue weighted by atomic mass is 10.1. The number of carboxylic acids is 1. The first-order valence-electron chi connectivity index (χ1n) is 6.05. The van der Waals surface area contributed by atoms with Crippen LogP contribution < -0.4 is 16.4 Å². The highest BCUT2D eigenvalue weighted by Gasteiger charge is 2.22. The summed E-state index contributed by atoms with van der Waals surface area (Å²) in [6.07, 6.45) is -0.458. The fraction of sp³-hybridized carbons (Fsp3) is 0.727. The zero-order valence-corrected chi connectivity index (χ0v) is 13.2. The largest absolute Gasteiger partial charge is 0.481 e. The maximum atomic E-state index is 11.7. The maximum Gasteiger partial charge on any atom is 0.305 e. The van der Waals surface area contributed by atoms with Gasteiger partial charge in [-0.1, -0.05) is 21.6 Å². The van der Waals surface area contributed by atoms with Gasteiger partial charge in [0, 0.05) is 18.1 Å². The third-order valence-electron chi connectivity index (χ3n) is 2.29. The van der Waals surface area contributed by atoms with E-state index in [9.17, 15) is 14.4 Å². The summed E-state index contributed by atoms with van der Waals surface area (Å²) >= 11 is 0. The van der Waals surface area contributed by atoms with Crippen LogP contribution in [0.1, 0.15) is 13.3 Å². The minimum atomic E-state index is -1.15. The molecule has 7 nitrogen and oxygen atoms in total. The van der Waals surface area contributed by atoms with Gasteiger partial charge in [0.25, 0.3) is 0 Å². The van der Waals surface area contributed by atoms with E-state index in [0.29, 0.717) is 5.75 Å². The highest BCUT2D eigenvalue weighted by Crippen LogP contribution is 2.21. The first-order chi connectivity index (χ1) is 9.38. The summed E-state index contributed by atoms with van der Waals surface area (Å²) in [6, 6.07) is -1.79. The predicted octanol–water partition coefficient (Wildman–Crippen LogP) is -0.537. The van der Waals surface area contributed by atoms with Crippen molar-refractivity contribution >= 4 is 39.2 Å². The lowest BCUT2D eigenvalue weighted by Crippen LogP contribution is -2.49. The van der Waals surface area contributed by atoms with E-state index >= 15 is 0 Å². The predicted molar refractivity (Wildman–Crippen MR) is 81.7 cm³/mol. The van der Waals surface area contributed by atoms with E-state index in [0.717, 1.165) is 12.3 Å².